The van der Waals surface area contributed by atoms with Gasteiger partial charge in [0, 0.05) is 12.3 Å². The first kappa shape index (κ1) is 14.4. The molecule has 0 aliphatic heterocycles. The summed E-state index contributed by atoms with van der Waals surface area (Å²) in [5.41, 5.74) is 0.353. The van der Waals surface area contributed by atoms with Crippen molar-refractivity contribution in [1.29, 1.82) is 5.26 Å². The molecule has 0 aromatic rings. The number of Topliss-reactive ketones (excluding diaryl/α,β-unsaturated/α-hetero) is 2. The zero-order valence-corrected chi connectivity index (χ0v) is 11.2. The highest BCUT2D eigenvalue weighted by molar-refractivity contribution is 6.02. The summed E-state index contributed by atoms with van der Waals surface area (Å²) in [6, 6.07) is 2.18. The number of carbonyl (C=O) groups excluding carboxylic acids is 2. The monoisotopic (exact) mass is 245 g/mol. The van der Waals surface area contributed by atoms with Crippen molar-refractivity contribution >= 4 is 11.6 Å². The smallest absolute Gasteiger partial charge is 0.179 e. The average Bonchev–Trinajstić information content (AvgIpc) is 2.30. The van der Waals surface area contributed by atoms with Crippen LogP contribution in [0.3, 0.4) is 0 Å². The van der Waals surface area contributed by atoms with E-state index in [0.29, 0.717) is 18.4 Å². The Kier molecular flexibility index (Phi) is 4.24. The van der Waals surface area contributed by atoms with E-state index in [-0.39, 0.29) is 23.9 Å². The predicted molar refractivity (Wildman–Crippen MR) is 69.6 cm³/mol. The summed E-state index contributed by atoms with van der Waals surface area (Å²) in [5, 5.41) is 9.51. The molecule has 96 valence electrons. The lowest BCUT2D eigenvalue weighted by Crippen LogP contribution is -2.41. The normalized spacial score (nSPS) is 27.3. The van der Waals surface area contributed by atoms with Crippen molar-refractivity contribution in [3.63, 3.8) is 0 Å². The highest BCUT2D eigenvalue weighted by Crippen LogP contribution is 2.44. The summed E-state index contributed by atoms with van der Waals surface area (Å²) >= 11 is 0. The first-order valence-electron chi connectivity index (χ1n) is 6.13. The van der Waals surface area contributed by atoms with E-state index in [4.69, 9.17) is 0 Å². The molecule has 0 aromatic heterocycles. The van der Waals surface area contributed by atoms with Crippen LogP contribution in [0.5, 0.6) is 0 Å². The number of nitrogens with zero attached hydrogens (tertiary/aromatic N) is 1. The molecule has 3 nitrogen and oxygen atoms in total. The standard InChI is InChI=1S/C15H19NO2/c1-10(2)13-6-5-11(3)14(18)15(13,9-16)8-7-12(4)17/h5,13H,1,6-8H2,2-4H3. The summed E-state index contributed by atoms with van der Waals surface area (Å²) in [7, 11) is 0. The van der Waals surface area contributed by atoms with Crippen LogP contribution in [-0.2, 0) is 9.59 Å². The van der Waals surface area contributed by atoms with Crippen LogP contribution >= 0.6 is 0 Å². The van der Waals surface area contributed by atoms with Crippen molar-refractivity contribution in [2.24, 2.45) is 11.3 Å². The van der Waals surface area contributed by atoms with Crippen molar-refractivity contribution in [1.82, 2.24) is 0 Å². The number of nitriles is 1. The van der Waals surface area contributed by atoms with Crippen molar-refractivity contribution in [2.45, 2.75) is 40.0 Å². The predicted octanol–water partition coefficient (Wildman–Crippen LogP) is 2.98. The van der Waals surface area contributed by atoms with Gasteiger partial charge in [0.1, 0.15) is 11.2 Å². The molecule has 0 heterocycles. The quantitative estimate of drug-likeness (QED) is 0.715. The van der Waals surface area contributed by atoms with E-state index in [1.165, 1.54) is 6.92 Å². The van der Waals surface area contributed by atoms with Crippen molar-refractivity contribution < 1.29 is 9.59 Å². The summed E-state index contributed by atoms with van der Waals surface area (Å²) in [6.07, 6.45) is 3.07. The fourth-order valence-corrected chi connectivity index (χ4v) is 2.57. The van der Waals surface area contributed by atoms with E-state index in [2.05, 4.69) is 12.6 Å². The fourth-order valence-electron chi connectivity index (χ4n) is 2.57. The van der Waals surface area contributed by atoms with Crippen LogP contribution in [0, 0.1) is 22.7 Å². The van der Waals surface area contributed by atoms with E-state index in [1.807, 2.05) is 13.0 Å². The average molecular weight is 245 g/mol. The summed E-state index contributed by atoms with van der Waals surface area (Å²) < 4.78 is 0. The molecule has 0 aromatic carbocycles. The molecule has 0 amide bonds. The minimum absolute atomic E-state index is 0.00472. The number of hydrogen-bond acceptors (Lipinski definition) is 3. The summed E-state index contributed by atoms with van der Waals surface area (Å²) in [6.45, 7) is 8.95. The number of ketones is 2. The maximum Gasteiger partial charge on any atom is 0.179 e. The third-order valence-corrected chi connectivity index (χ3v) is 3.68. The molecule has 0 N–H and O–H groups in total. The van der Waals surface area contributed by atoms with Gasteiger partial charge in [0.15, 0.2) is 5.78 Å². The Hall–Kier alpha value is -1.69. The van der Waals surface area contributed by atoms with Gasteiger partial charge in [0.05, 0.1) is 6.07 Å². The molecule has 2 unspecified atom stereocenters. The van der Waals surface area contributed by atoms with E-state index >= 15 is 0 Å². The Morgan fingerprint density at radius 3 is 2.67 bits per heavy atom. The van der Waals surface area contributed by atoms with E-state index in [0.717, 1.165) is 5.57 Å². The van der Waals surface area contributed by atoms with Gasteiger partial charge in [-0.15, -0.1) is 0 Å². The zero-order chi connectivity index (χ0) is 13.9. The number of carbonyl (C=O) groups is 2. The SMILES string of the molecule is C=C(C)C1CC=C(C)C(=O)C1(C#N)CCC(C)=O. The molecule has 1 rings (SSSR count). The minimum atomic E-state index is -1.10. The van der Waals surface area contributed by atoms with Gasteiger partial charge in [0.2, 0.25) is 0 Å². The lowest BCUT2D eigenvalue weighted by Gasteiger charge is -2.37. The van der Waals surface area contributed by atoms with Gasteiger partial charge in [-0.25, -0.2) is 0 Å². The van der Waals surface area contributed by atoms with Crippen molar-refractivity contribution in [3.8, 4) is 6.07 Å². The van der Waals surface area contributed by atoms with Gasteiger partial charge in [-0.05, 0) is 39.2 Å². The van der Waals surface area contributed by atoms with E-state index < -0.39 is 5.41 Å². The van der Waals surface area contributed by atoms with Crippen LogP contribution < -0.4 is 0 Å². The lowest BCUT2D eigenvalue weighted by atomic mass is 9.62. The molecular weight excluding hydrogens is 226 g/mol. The molecule has 1 aliphatic rings. The van der Waals surface area contributed by atoms with Gasteiger partial charge < -0.3 is 4.79 Å². The first-order valence-corrected chi connectivity index (χ1v) is 6.13. The Morgan fingerprint density at radius 1 is 1.61 bits per heavy atom. The second kappa shape index (κ2) is 5.30. The van der Waals surface area contributed by atoms with Gasteiger partial charge >= 0.3 is 0 Å². The fraction of sp³-hybridized carbons (Fsp3) is 0.533. The molecule has 0 fully saturated rings. The molecule has 3 heteroatoms. The molecule has 0 spiro atoms. The Bertz CT molecular complexity index is 467. The summed E-state index contributed by atoms with van der Waals surface area (Å²) in [4.78, 5) is 23.5. The first-order chi connectivity index (χ1) is 8.35. The topological polar surface area (TPSA) is 57.9 Å². The Balaban J connectivity index is 3.20. The van der Waals surface area contributed by atoms with Gasteiger partial charge in [-0.1, -0.05) is 18.2 Å². The van der Waals surface area contributed by atoms with Crippen LogP contribution in [-0.4, -0.2) is 11.6 Å². The largest absolute Gasteiger partial charge is 0.300 e. The Morgan fingerprint density at radius 2 is 2.22 bits per heavy atom. The van der Waals surface area contributed by atoms with Crippen LogP contribution in [0.4, 0.5) is 0 Å². The number of allylic oxidation sites excluding steroid dienone is 3. The van der Waals surface area contributed by atoms with Crippen molar-refractivity contribution in [2.75, 3.05) is 0 Å². The van der Waals surface area contributed by atoms with Gasteiger partial charge in [0.25, 0.3) is 0 Å². The second-order valence-electron chi connectivity index (χ2n) is 5.14. The van der Waals surface area contributed by atoms with Gasteiger partial charge in [-0.2, -0.15) is 5.26 Å². The second-order valence-corrected chi connectivity index (χ2v) is 5.14. The Labute approximate surface area is 108 Å². The van der Waals surface area contributed by atoms with Crippen LogP contribution in [0.15, 0.2) is 23.8 Å². The molecule has 0 saturated heterocycles. The molecule has 18 heavy (non-hydrogen) atoms. The highest BCUT2D eigenvalue weighted by Gasteiger charge is 2.48. The van der Waals surface area contributed by atoms with E-state index in [1.54, 1.807) is 6.92 Å². The minimum Gasteiger partial charge on any atom is -0.300 e. The molecule has 0 saturated carbocycles. The molecule has 0 radical (unpaired) electrons. The van der Waals surface area contributed by atoms with Crippen LogP contribution in [0.25, 0.3) is 0 Å². The third kappa shape index (κ3) is 2.43. The number of hydrogen-bond donors (Lipinski definition) is 0. The lowest BCUT2D eigenvalue weighted by molar-refractivity contribution is -0.125. The van der Waals surface area contributed by atoms with Crippen molar-refractivity contribution in [3.05, 3.63) is 23.8 Å². The zero-order valence-electron chi connectivity index (χ0n) is 11.2. The number of rotatable bonds is 4. The maximum absolute atomic E-state index is 12.4. The maximum atomic E-state index is 12.4. The van der Waals surface area contributed by atoms with Crippen LogP contribution in [0.2, 0.25) is 0 Å². The van der Waals surface area contributed by atoms with Crippen LogP contribution in [0.1, 0.15) is 40.0 Å². The molecule has 0 bridgehead atoms. The van der Waals surface area contributed by atoms with E-state index in [9.17, 15) is 14.9 Å². The highest BCUT2D eigenvalue weighted by atomic mass is 16.1. The molecular formula is C15H19NO2. The molecule has 1 aliphatic carbocycles. The third-order valence-electron chi connectivity index (χ3n) is 3.68. The summed E-state index contributed by atoms with van der Waals surface area (Å²) in [5.74, 6) is -0.325. The molecule has 2 atom stereocenters. The van der Waals surface area contributed by atoms with Gasteiger partial charge in [-0.3, -0.25) is 4.79 Å².